The number of aryl methyl sites for hydroxylation is 6. The monoisotopic (exact) mass is 1770 g/mol. The number of hydrogen-bond acceptors (Lipinski definition) is 18. The van der Waals surface area contributed by atoms with Crippen LogP contribution in [0, 0.1) is 41.5 Å². The number of aromatic nitrogens is 3. The molecule has 0 bridgehead atoms. The zero-order valence-electron chi connectivity index (χ0n) is 75.8. The van der Waals surface area contributed by atoms with Crippen LogP contribution in [0.2, 0.25) is 0 Å². The van der Waals surface area contributed by atoms with Crippen molar-refractivity contribution >= 4 is 50.6 Å². The van der Waals surface area contributed by atoms with Gasteiger partial charge in [-0.3, -0.25) is 44.0 Å². The van der Waals surface area contributed by atoms with E-state index in [0.29, 0.717) is 118 Å². The fraction of sp³-hybridized carbons (Fsp3) is 0.243. The van der Waals surface area contributed by atoms with E-state index in [1.54, 1.807) is 18.6 Å². The van der Waals surface area contributed by atoms with Crippen LogP contribution in [0.15, 0.2) is 310 Å². The summed E-state index contributed by atoms with van der Waals surface area (Å²) >= 11 is 0. The van der Waals surface area contributed by atoms with Crippen molar-refractivity contribution in [2.24, 2.45) is 17.2 Å². The Morgan fingerprint density at radius 3 is 0.939 bits per heavy atom. The van der Waals surface area contributed by atoms with Crippen molar-refractivity contribution in [1.29, 1.82) is 0 Å². The van der Waals surface area contributed by atoms with Gasteiger partial charge >= 0.3 is 17.9 Å². The van der Waals surface area contributed by atoms with E-state index < -0.39 is 36.0 Å². The summed E-state index contributed by atoms with van der Waals surface area (Å²) in [5.74, 6) is 1.63. The zero-order valence-corrected chi connectivity index (χ0v) is 75.8. The molecule has 9 N–H and O–H groups in total. The summed E-state index contributed by atoms with van der Waals surface area (Å²) in [6.07, 6.45) is 6.24. The summed E-state index contributed by atoms with van der Waals surface area (Å²) in [7, 11) is 0. The predicted molar refractivity (Wildman–Crippen MR) is 521 cm³/mol. The Labute approximate surface area is 773 Å². The topological polar surface area (TPSA) is 294 Å². The highest BCUT2D eigenvalue weighted by molar-refractivity contribution is 5.87. The number of rotatable bonds is 42. The molecule has 0 amide bonds. The third-order valence-corrected chi connectivity index (χ3v) is 22.7. The zero-order chi connectivity index (χ0) is 92.7. The van der Waals surface area contributed by atoms with Crippen LogP contribution in [0.3, 0.4) is 0 Å². The number of nitrogens with two attached hydrogens (primary N) is 3. The number of nitrogens with zero attached hydrogens (tertiary/aromatic N) is 6. The molecule has 15 aromatic rings. The van der Waals surface area contributed by atoms with Crippen LogP contribution in [-0.4, -0.2) is 101 Å². The Hall–Kier alpha value is -14.2. The second-order valence-electron chi connectivity index (χ2n) is 33.8. The minimum atomic E-state index is -1.01. The number of para-hydroxylation sites is 3. The molecule has 0 saturated heterocycles. The van der Waals surface area contributed by atoms with Gasteiger partial charge in [-0.05, 0) is 161 Å². The molecule has 15 rings (SSSR count). The summed E-state index contributed by atoms with van der Waals surface area (Å²) in [6.45, 7) is 19.6. The predicted octanol–water partition coefficient (Wildman–Crippen LogP) is 20.4. The molecule has 21 nitrogen and oxygen atoms in total. The van der Waals surface area contributed by atoms with Gasteiger partial charge in [0.25, 0.3) is 0 Å². The average Bonchev–Trinajstić information content (AvgIpc) is 0.802. The molecule has 0 spiro atoms. The SMILES string of the molecule is Cc1cccc(COc2ccccc2CN(CC[C@H](N)C(=O)O)Cc2cc3cccnc3cc2OCc2cccc(C)c2)c1.Cc1cccc(COc2ccccc2CN(CC[C@H](N)C(=O)O)Cc2cc3ncccc3cc2OCc2cccc(C)c2)c1.Cc1cccc(COc2ccccc2CN(CC[C@H](N)C(=O)O)Cc2ccc3ncccc3c2OCc2cccc(C)c2)c1. The van der Waals surface area contributed by atoms with E-state index in [2.05, 4.69) is 205 Å². The summed E-state index contributed by atoms with van der Waals surface area (Å²) < 4.78 is 38.2. The number of carboxylic acids is 3. The first-order valence-electron chi connectivity index (χ1n) is 44.6. The van der Waals surface area contributed by atoms with E-state index >= 15 is 0 Å². The molecule has 132 heavy (non-hydrogen) atoms. The third-order valence-electron chi connectivity index (χ3n) is 22.7. The van der Waals surface area contributed by atoms with Gasteiger partial charge in [-0.25, -0.2) is 0 Å². The number of aliphatic carboxylic acids is 3. The molecule has 0 fully saturated rings. The van der Waals surface area contributed by atoms with Crippen LogP contribution in [0.25, 0.3) is 32.7 Å². The first-order valence-corrected chi connectivity index (χ1v) is 44.6. The van der Waals surface area contributed by atoms with Crippen molar-refractivity contribution in [2.75, 3.05) is 19.6 Å². The van der Waals surface area contributed by atoms with Crippen molar-refractivity contribution in [3.05, 3.63) is 410 Å². The minimum Gasteiger partial charge on any atom is -0.489 e. The van der Waals surface area contributed by atoms with E-state index in [9.17, 15) is 29.7 Å². The molecule has 0 radical (unpaired) electrons. The Kier molecular flexibility index (Phi) is 34.7. The van der Waals surface area contributed by atoms with Gasteiger partial charge in [-0.15, -0.1) is 0 Å². The molecular formula is C111H117N9O12. The number of pyridine rings is 3. The van der Waals surface area contributed by atoms with Gasteiger partial charge in [0.05, 0.1) is 16.6 Å². The van der Waals surface area contributed by atoms with Gasteiger partial charge in [-0.2, -0.15) is 0 Å². The maximum atomic E-state index is 11.6. The molecule has 0 unspecified atom stereocenters. The summed E-state index contributed by atoms with van der Waals surface area (Å²) in [5, 5.41) is 31.4. The lowest BCUT2D eigenvalue weighted by atomic mass is 10.1. The van der Waals surface area contributed by atoms with Gasteiger partial charge in [0, 0.05) is 133 Å². The lowest BCUT2D eigenvalue weighted by molar-refractivity contribution is -0.139. The van der Waals surface area contributed by atoms with Gasteiger partial charge in [0.2, 0.25) is 0 Å². The maximum absolute atomic E-state index is 11.6. The molecule has 0 saturated carbocycles. The maximum Gasteiger partial charge on any atom is 0.320 e. The summed E-state index contributed by atoms with van der Waals surface area (Å²) in [4.78, 5) is 55.0. The quantitative estimate of drug-likeness (QED) is 0.0207. The fourth-order valence-corrected chi connectivity index (χ4v) is 15.8. The van der Waals surface area contributed by atoms with Crippen molar-refractivity contribution < 1.29 is 58.1 Å². The Morgan fingerprint density at radius 2 is 0.576 bits per heavy atom. The Balaban J connectivity index is 0.000000168. The van der Waals surface area contributed by atoms with Crippen LogP contribution >= 0.6 is 0 Å². The number of carbonyl (C=O) groups is 3. The Bertz CT molecular complexity index is 5940. The lowest BCUT2D eigenvalue weighted by Gasteiger charge is -2.26. The lowest BCUT2D eigenvalue weighted by Crippen LogP contribution is -2.35. The highest BCUT2D eigenvalue weighted by Crippen LogP contribution is 2.36. The number of hydrogen-bond donors (Lipinski definition) is 6. The van der Waals surface area contributed by atoms with Crippen LogP contribution in [0.1, 0.15) is 119 Å². The highest BCUT2D eigenvalue weighted by atomic mass is 16.5. The fourth-order valence-electron chi connectivity index (χ4n) is 15.8. The van der Waals surface area contributed by atoms with Crippen LogP contribution < -0.4 is 45.6 Å². The van der Waals surface area contributed by atoms with Crippen molar-refractivity contribution in [1.82, 2.24) is 29.7 Å². The molecule has 0 aliphatic heterocycles. The first kappa shape index (κ1) is 95.4. The third kappa shape index (κ3) is 28.9. The number of fused-ring (bicyclic) bond motifs is 3. The summed E-state index contributed by atoms with van der Waals surface area (Å²) in [6, 6.07) is 94.8. The van der Waals surface area contributed by atoms with E-state index in [4.69, 9.17) is 45.6 Å². The largest absolute Gasteiger partial charge is 0.489 e. The molecule has 12 aromatic carbocycles. The van der Waals surface area contributed by atoms with Gasteiger partial charge in [0.15, 0.2) is 0 Å². The number of benzene rings is 12. The van der Waals surface area contributed by atoms with Gasteiger partial charge < -0.3 is 60.9 Å². The normalized spacial score (nSPS) is 11.9. The molecule has 0 aliphatic rings. The van der Waals surface area contributed by atoms with Crippen LogP contribution in [0.5, 0.6) is 34.5 Å². The van der Waals surface area contributed by atoms with Crippen molar-refractivity contribution in [3.8, 4) is 34.5 Å². The van der Waals surface area contributed by atoms with E-state index in [1.807, 2.05) is 158 Å². The Morgan fingerprint density at radius 1 is 0.280 bits per heavy atom. The number of carboxylic acid groups (broad SMARTS) is 3. The standard InChI is InChI=1S/3C37H39N3O4/c1-26-8-5-10-28(20-26)24-43-35-14-4-3-12-30(35)22-40(19-17-33(38)37(41)42)23-31-15-16-34-32(13-7-18-39-34)36(31)44-25-29-11-6-9-27(2)21-29;1-26-8-5-10-28(18-26)24-43-35-14-4-3-12-31(35)22-40(17-15-33(38)37(41)42)23-32-20-34-30(13-7-16-39-34)21-36(32)44-25-29-11-6-9-27(2)19-29;1-26-8-5-10-28(18-26)24-43-35-14-4-3-12-31(35)22-40(17-15-33(38)37(41)42)23-32-20-30-13-7-16-39-34(30)21-36(32)44-25-29-11-6-9-27(2)19-29/h3-16,18,20-21,33H,17,19,22-25,38H2,1-2H3,(H,41,42);2*3-14,16,18-21,33H,15,17,22-25,38H2,1-2H3,(H,41,42)/t3*33-/m000/s1. The average molecular weight is 1770 g/mol. The molecule has 3 atom stereocenters. The molecule has 678 valence electrons. The molecule has 3 heterocycles. The van der Waals surface area contributed by atoms with Crippen LogP contribution in [-0.2, 0) is 93.3 Å². The number of ether oxygens (including phenoxy) is 6. The molecular weight excluding hydrogens is 1650 g/mol. The highest BCUT2D eigenvalue weighted by Gasteiger charge is 2.25. The van der Waals surface area contributed by atoms with E-state index in [1.165, 1.54) is 33.4 Å². The van der Waals surface area contributed by atoms with Gasteiger partial charge in [-0.1, -0.05) is 252 Å². The molecule has 0 aliphatic carbocycles. The van der Waals surface area contributed by atoms with Crippen molar-refractivity contribution in [2.45, 2.75) is 158 Å². The minimum absolute atomic E-state index is 0.299. The van der Waals surface area contributed by atoms with Gasteiger partial charge in [0.1, 0.15) is 92.3 Å². The van der Waals surface area contributed by atoms with E-state index in [-0.39, 0.29) is 0 Å². The molecule has 21 heteroatoms. The summed E-state index contributed by atoms with van der Waals surface area (Å²) in [5.41, 5.74) is 40.0. The second kappa shape index (κ2) is 47.9. The molecule has 3 aromatic heterocycles. The smallest absolute Gasteiger partial charge is 0.320 e. The van der Waals surface area contributed by atoms with E-state index in [0.717, 1.165) is 134 Å². The van der Waals surface area contributed by atoms with Crippen molar-refractivity contribution in [3.63, 3.8) is 0 Å². The first-order chi connectivity index (χ1) is 64.0. The van der Waals surface area contributed by atoms with Crippen LogP contribution in [0.4, 0.5) is 0 Å². The second-order valence-corrected chi connectivity index (χ2v) is 33.8.